The number of aromatic nitrogens is 2. The second kappa shape index (κ2) is 5.60. The molecule has 1 aromatic carbocycles. The minimum absolute atomic E-state index is 0.0318. The Balaban J connectivity index is 2.03. The Bertz CT molecular complexity index is 564. The zero-order chi connectivity index (χ0) is 13.8. The summed E-state index contributed by atoms with van der Waals surface area (Å²) in [7, 11) is 1.77. The van der Waals surface area contributed by atoms with Crippen molar-refractivity contribution in [3.8, 4) is 5.75 Å². The SMILES string of the molecule is Cn1ccc(CC(=O)c2ccc(OC(F)F)cc2)n1. The average Bonchev–Trinajstić information content (AvgIpc) is 2.75. The first-order valence-electron chi connectivity index (χ1n) is 5.61. The summed E-state index contributed by atoms with van der Waals surface area (Å²) in [5.74, 6) is -0.0910. The Hall–Kier alpha value is -2.24. The highest BCUT2D eigenvalue weighted by atomic mass is 19.3. The minimum Gasteiger partial charge on any atom is -0.435 e. The van der Waals surface area contributed by atoms with Gasteiger partial charge in [0.05, 0.1) is 12.1 Å². The summed E-state index contributed by atoms with van der Waals surface area (Å²) in [4.78, 5) is 11.9. The molecule has 0 aliphatic heterocycles. The largest absolute Gasteiger partial charge is 0.435 e. The Kier molecular flexibility index (Phi) is 3.89. The lowest BCUT2D eigenvalue weighted by atomic mass is 10.1. The maximum Gasteiger partial charge on any atom is 0.387 e. The third-order valence-corrected chi connectivity index (χ3v) is 2.51. The Morgan fingerprint density at radius 2 is 2.00 bits per heavy atom. The number of ether oxygens (including phenoxy) is 1. The highest BCUT2D eigenvalue weighted by Crippen LogP contribution is 2.16. The summed E-state index contributed by atoms with van der Waals surface area (Å²) in [5.41, 5.74) is 1.10. The molecule has 4 nitrogen and oxygen atoms in total. The monoisotopic (exact) mass is 266 g/mol. The van der Waals surface area contributed by atoms with Crippen LogP contribution in [0.25, 0.3) is 0 Å². The van der Waals surface area contributed by atoms with Crippen LogP contribution in [0.15, 0.2) is 36.5 Å². The third-order valence-electron chi connectivity index (χ3n) is 2.51. The van der Waals surface area contributed by atoms with Crippen molar-refractivity contribution in [2.75, 3.05) is 0 Å². The molecule has 6 heteroatoms. The van der Waals surface area contributed by atoms with Crippen molar-refractivity contribution < 1.29 is 18.3 Å². The molecule has 0 unspecified atom stereocenters. The lowest BCUT2D eigenvalue weighted by Crippen LogP contribution is -2.05. The fourth-order valence-corrected chi connectivity index (χ4v) is 1.65. The van der Waals surface area contributed by atoms with Gasteiger partial charge in [-0.15, -0.1) is 0 Å². The zero-order valence-electron chi connectivity index (χ0n) is 10.2. The Morgan fingerprint density at radius 1 is 1.32 bits per heavy atom. The van der Waals surface area contributed by atoms with Crippen molar-refractivity contribution in [3.05, 3.63) is 47.8 Å². The van der Waals surface area contributed by atoms with E-state index >= 15 is 0 Å². The van der Waals surface area contributed by atoms with E-state index in [1.165, 1.54) is 24.3 Å². The Labute approximate surface area is 108 Å². The first-order valence-corrected chi connectivity index (χ1v) is 5.61. The topological polar surface area (TPSA) is 44.1 Å². The quantitative estimate of drug-likeness (QED) is 0.781. The number of carbonyl (C=O) groups excluding carboxylic acids is 1. The van der Waals surface area contributed by atoms with Gasteiger partial charge < -0.3 is 4.74 Å². The van der Waals surface area contributed by atoms with Gasteiger partial charge in [0.2, 0.25) is 0 Å². The van der Waals surface area contributed by atoms with Crippen molar-refractivity contribution in [2.45, 2.75) is 13.0 Å². The molecule has 1 aromatic heterocycles. The summed E-state index contributed by atoms with van der Waals surface area (Å²) in [5, 5.41) is 4.11. The molecule has 0 aliphatic rings. The molecule has 0 aliphatic carbocycles. The van der Waals surface area contributed by atoms with Crippen molar-refractivity contribution in [1.82, 2.24) is 9.78 Å². The van der Waals surface area contributed by atoms with Crippen molar-refractivity contribution in [3.63, 3.8) is 0 Å². The molecule has 2 rings (SSSR count). The number of hydrogen-bond donors (Lipinski definition) is 0. The predicted molar refractivity (Wildman–Crippen MR) is 64.3 cm³/mol. The van der Waals surface area contributed by atoms with Crippen LogP contribution >= 0.6 is 0 Å². The van der Waals surface area contributed by atoms with Crippen molar-refractivity contribution in [2.24, 2.45) is 7.05 Å². The van der Waals surface area contributed by atoms with Crippen LogP contribution in [0.3, 0.4) is 0 Å². The second-order valence-corrected chi connectivity index (χ2v) is 3.98. The summed E-state index contributed by atoms with van der Waals surface area (Å²) in [6.45, 7) is -2.87. The fraction of sp³-hybridized carbons (Fsp3) is 0.231. The van der Waals surface area contributed by atoms with E-state index in [-0.39, 0.29) is 18.0 Å². The van der Waals surface area contributed by atoms with E-state index in [0.29, 0.717) is 11.3 Å². The molecule has 100 valence electrons. The normalized spacial score (nSPS) is 10.7. The summed E-state index contributed by atoms with van der Waals surface area (Å²) in [6, 6.07) is 7.37. The summed E-state index contributed by atoms with van der Waals surface area (Å²) in [6.07, 6.45) is 1.93. The number of aryl methyl sites for hydroxylation is 1. The van der Waals surface area contributed by atoms with E-state index in [2.05, 4.69) is 9.84 Å². The van der Waals surface area contributed by atoms with Gasteiger partial charge >= 0.3 is 6.61 Å². The van der Waals surface area contributed by atoms with Crippen LogP contribution in [-0.2, 0) is 13.5 Å². The molecule has 0 N–H and O–H groups in total. The van der Waals surface area contributed by atoms with Crippen LogP contribution in [0.5, 0.6) is 5.75 Å². The molecule has 2 aromatic rings. The highest BCUT2D eigenvalue weighted by Gasteiger charge is 2.10. The second-order valence-electron chi connectivity index (χ2n) is 3.98. The van der Waals surface area contributed by atoms with Crippen LogP contribution in [0.4, 0.5) is 8.78 Å². The number of hydrogen-bond acceptors (Lipinski definition) is 3. The van der Waals surface area contributed by atoms with Gasteiger partial charge in [0.25, 0.3) is 0 Å². The lowest BCUT2D eigenvalue weighted by Gasteiger charge is -2.04. The van der Waals surface area contributed by atoms with Crippen molar-refractivity contribution >= 4 is 5.78 Å². The molecular weight excluding hydrogens is 254 g/mol. The standard InChI is InChI=1S/C13H12F2N2O2/c1-17-7-6-10(16-17)8-12(18)9-2-4-11(5-3-9)19-13(14)15/h2-7,13H,8H2,1H3. The Morgan fingerprint density at radius 3 is 2.53 bits per heavy atom. The number of carbonyl (C=O) groups is 1. The maximum atomic E-state index is 12.0. The number of alkyl halides is 2. The van der Waals surface area contributed by atoms with Crippen LogP contribution in [0.1, 0.15) is 16.1 Å². The molecular formula is C13H12F2N2O2. The van der Waals surface area contributed by atoms with E-state index in [0.717, 1.165) is 0 Å². The average molecular weight is 266 g/mol. The van der Waals surface area contributed by atoms with Gasteiger partial charge in [0, 0.05) is 18.8 Å². The molecule has 0 saturated heterocycles. The number of benzene rings is 1. The van der Waals surface area contributed by atoms with Crippen molar-refractivity contribution in [1.29, 1.82) is 0 Å². The van der Waals surface area contributed by atoms with Gasteiger partial charge in [-0.1, -0.05) is 0 Å². The molecule has 0 amide bonds. The zero-order valence-corrected chi connectivity index (χ0v) is 10.2. The first-order chi connectivity index (χ1) is 9.04. The molecule has 0 bridgehead atoms. The molecule has 0 atom stereocenters. The van der Waals surface area contributed by atoms with E-state index in [1.54, 1.807) is 24.0 Å². The predicted octanol–water partition coefficient (Wildman–Crippen LogP) is 2.45. The van der Waals surface area contributed by atoms with Crippen LogP contribution in [0.2, 0.25) is 0 Å². The first kappa shape index (κ1) is 13.2. The van der Waals surface area contributed by atoms with Gasteiger partial charge in [-0.25, -0.2) is 0 Å². The number of nitrogens with zero attached hydrogens (tertiary/aromatic N) is 2. The summed E-state index contributed by atoms with van der Waals surface area (Å²) >= 11 is 0. The highest BCUT2D eigenvalue weighted by molar-refractivity contribution is 5.97. The minimum atomic E-state index is -2.87. The molecule has 0 fully saturated rings. The molecule has 0 radical (unpaired) electrons. The smallest absolute Gasteiger partial charge is 0.387 e. The number of rotatable bonds is 5. The van der Waals surface area contributed by atoms with Gasteiger partial charge in [-0.3, -0.25) is 9.48 Å². The molecule has 0 saturated carbocycles. The summed E-state index contributed by atoms with van der Waals surface area (Å²) < 4.78 is 29.8. The number of Topliss-reactive ketones (excluding diaryl/α,β-unsaturated/α-hetero) is 1. The van der Waals surface area contributed by atoms with E-state index in [4.69, 9.17) is 0 Å². The molecule has 19 heavy (non-hydrogen) atoms. The van der Waals surface area contributed by atoms with Gasteiger partial charge in [-0.05, 0) is 30.3 Å². The number of ketones is 1. The van der Waals surface area contributed by atoms with E-state index in [1.807, 2.05) is 0 Å². The van der Waals surface area contributed by atoms with Gasteiger partial charge in [0.1, 0.15) is 5.75 Å². The maximum absolute atomic E-state index is 12.0. The van der Waals surface area contributed by atoms with Crippen LogP contribution in [0, 0.1) is 0 Å². The van der Waals surface area contributed by atoms with Gasteiger partial charge in [-0.2, -0.15) is 13.9 Å². The molecule has 1 heterocycles. The van der Waals surface area contributed by atoms with Gasteiger partial charge in [0.15, 0.2) is 5.78 Å². The van der Waals surface area contributed by atoms with E-state index < -0.39 is 6.61 Å². The van der Waals surface area contributed by atoms with E-state index in [9.17, 15) is 13.6 Å². The van der Waals surface area contributed by atoms with Crippen LogP contribution in [-0.4, -0.2) is 22.2 Å². The molecule has 0 spiro atoms. The van der Waals surface area contributed by atoms with Crippen LogP contribution < -0.4 is 4.74 Å². The lowest BCUT2D eigenvalue weighted by molar-refractivity contribution is -0.0498. The third kappa shape index (κ3) is 3.61. The fourth-order valence-electron chi connectivity index (χ4n) is 1.65. The number of halogens is 2.